The third-order valence-electron chi connectivity index (χ3n) is 5.98. The highest BCUT2D eigenvalue weighted by Crippen LogP contribution is 2.50. The van der Waals surface area contributed by atoms with E-state index in [-0.39, 0.29) is 51.4 Å². The Labute approximate surface area is 211 Å². The number of allylic oxidation sites excluding steroid dienone is 5. The first-order chi connectivity index (χ1) is 16.6. The lowest BCUT2D eigenvalue weighted by atomic mass is 10.1. The molecule has 0 unspecified atom stereocenters. The Morgan fingerprint density at radius 1 is 0.914 bits per heavy atom. The number of anilines is 3. The number of rotatable bonds is 8. The van der Waals surface area contributed by atoms with Crippen molar-refractivity contribution < 1.29 is 20.1 Å². The van der Waals surface area contributed by atoms with Crippen molar-refractivity contribution in [2.45, 2.75) is 53.4 Å². The van der Waals surface area contributed by atoms with Gasteiger partial charge in [0.15, 0.2) is 0 Å². The van der Waals surface area contributed by atoms with Crippen LogP contribution in [0.1, 0.15) is 63.7 Å². The van der Waals surface area contributed by atoms with E-state index in [4.69, 9.17) is 11.6 Å². The Balaban J connectivity index is 1.85. The van der Waals surface area contributed by atoms with Gasteiger partial charge in [-0.3, -0.25) is 4.79 Å². The summed E-state index contributed by atoms with van der Waals surface area (Å²) in [6, 6.07) is 5.73. The summed E-state index contributed by atoms with van der Waals surface area (Å²) in [4.78, 5) is 14.9. The zero-order valence-corrected chi connectivity index (χ0v) is 21.4. The van der Waals surface area contributed by atoms with Gasteiger partial charge in [0.25, 0.3) is 5.91 Å². The summed E-state index contributed by atoms with van der Waals surface area (Å²) in [6.45, 7) is 8.54. The third-order valence-corrected chi connectivity index (χ3v) is 6.35. The predicted molar refractivity (Wildman–Crippen MR) is 143 cm³/mol. The normalized spacial score (nSPS) is 13.6. The van der Waals surface area contributed by atoms with Crippen molar-refractivity contribution in [3.8, 4) is 17.2 Å². The molecule has 0 saturated carbocycles. The maximum atomic E-state index is 13.5. The SMILES string of the molecule is CC(C)=CCC/C(C)=C/CC/C(C)=C/CN1C(=O)c2cccc(O)c2Nc2c(O)cc(O)c(Cl)c21. The van der Waals surface area contributed by atoms with Gasteiger partial charge >= 0.3 is 0 Å². The molecule has 6 nitrogen and oxygen atoms in total. The maximum absolute atomic E-state index is 13.5. The lowest BCUT2D eigenvalue weighted by Crippen LogP contribution is -2.31. The molecule has 3 rings (SSSR count). The van der Waals surface area contributed by atoms with E-state index in [1.165, 1.54) is 22.1 Å². The Hall–Kier alpha value is -3.38. The van der Waals surface area contributed by atoms with Crippen LogP contribution in [0.3, 0.4) is 0 Å². The predicted octanol–water partition coefficient (Wildman–Crippen LogP) is 7.58. The first kappa shape index (κ1) is 26.2. The lowest BCUT2D eigenvalue weighted by molar-refractivity contribution is 0.0991. The molecule has 0 aromatic heterocycles. The number of hydrogen-bond donors (Lipinski definition) is 4. The van der Waals surface area contributed by atoms with Gasteiger partial charge in [-0.2, -0.15) is 0 Å². The van der Waals surface area contributed by atoms with Crippen LogP contribution < -0.4 is 10.2 Å². The highest BCUT2D eigenvalue weighted by Gasteiger charge is 2.32. The van der Waals surface area contributed by atoms with Crippen LogP contribution in [0.15, 0.2) is 59.2 Å². The van der Waals surface area contributed by atoms with Crippen molar-refractivity contribution in [2.24, 2.45) is 0 Å². The molecule has 0 saturated heterocycles. The van der Waals surface area contributed by atoms with Crippen LogP contribution >= 0.6 is 11.6 Å². The minimum Gasteiger partial charge on any atom is -0.506 e. The number of phenols is 3. The van der Waals surface area contributed by atoms with Gasteiger partial charge in [-0.05, 0) is 65.5 Å². The Kier molecular flexibility index (Phi) is 8.52. The van der Waals surface area contributed by atoms with Crippen molar-refractivity contribution in [1.29, 1.82) is 0 Å². The molecular weight excluding hydrogens is 464 g/mol. The van der Waals surface area contributed by atoms with E-state index in [1.54, 1.807) is 12.1 Å². The number of nitrogens with zero attached hydrogens (tertiary/aromatic N) is 1. The maximum Gasteiger partial charge on any atom is 0.260 e. The van der Waals surface area contributed by atoms with Crippen LogP contribution in [0.25, 0.3) is 0 Å². The van der Waals surface area contributed by atoms with E-state index in [9.17, 15) is 20.1 Å². The first-order valence-electron chi connectivity index (χ1n) is 11.7. The fourth-order valence-corrected chi connectivity index (χ4v) is 4.23. The summed E-state index contributed by atoms with van der Waals surface area (Å²) in [5.74, 6) is -1.17. The lowest BCUT2D eigenvalue weighted by Gasteiger charge is -2.24. The number of nitrogens with one attached hydrogen (secondary N) is 1. The van der Waals surface area contributed by atoms with Crippen LogP contribution in [-0.2, 0) is 0 Å². The van der Waals surface area contributed by atoms with Crippen LogP contribution in [0.4, 0.5) is 17.1 Å². The molecule has 186 valence electrons. The number of para-hydroxylation sites is 1. The Morgan fingerprint density at radius 3 is 2.26 bits per heavy atom. The molecule has 2 aromatic rings. The fourth-order valence-electron chi connectivity index (χ4n) is 3.98. The second-order valence-corrected chi connectivity index (χ2v) is 9.53. The standard InChI is InChI=1S/C28H33ClN2O4/c1-17(2)8-5-9-18(3)10-6-11-19(4)14-15-31-27-24(29)22(33)16-23(34)26(27)30-25-20(28(31)35)12-7-13-21(25)32/h7-8,10,12-14,16,30,32-34H,5-6,9,11,15H2,1-4H3/b18-10+,19-14+. The number of halogens is 1. The molecule has 4 N–H and O–H groups in total. The average Bonchev–Trinajstić information content (AvgIpc) is 2.91. The van der Waals surface area contributed by atoms with Gasteiger partial charge in [0, 0.05) is 12.6 Å². The van der Waals surface area contributed by atoms with Gasteiger partial charge in [-0.15, -0.1) is 0 Å². The number of phenolic OH excluding ortho intramolecular Hbond substituents is 3. The van der Waals surface area contributed by atoms with E-state index < -0.39 is 5.91 Å². The fraction of sp³-hybridized carbons (Fsp3) is 0.321. The second kappa shape index (κ2) is 11.4. The van der Waals surface area contributed by atoms with Gasteiger partial charge in [0.2, 0.25) is 0 Å². The molecule has 0 radical (unpaired) electrons. The molecule has 0 fully saturated rings. The molecular formula is C28H33ClN2O4. The van der Waals surface area contributed by atoms with Crippen molar-refractivity contribution in [2.75, 3.05) is 16.8 Å². The number of carbonyl (C=O) groups excluding carboxylic acids is 1. The highest BCUT2D eigenvalue weighted by atomic mass is 35.5. The molecule has 0 aliphatic carbocycles. The van der Waals surface area contributed by atoms with Gasteiger partial charge in [0.05, 0.1) is 16.9 Å². The summed E-state index contributed by atoms with van der Waals surface area (Å²) in [7, 11) is 0. The topological polar surface area (TPSA) is 93.0 Å². The largest absolute Gasteiger partial charge is 0.506 e. The zero-order valence-electron chi connectivity index (χ0n) is 20.7. The van der Waals surface area contributed by atoms with E-state index in [1.807, 2.05) is 13.0 Å². The molecule has 1 aliphatic heterocycles. The van der Waals surface area contributed by atoms with Gasteiger partial charge in [0.1, 0.15) is 28.0 Å². The molecule has 1 heterocycles. The summed E-state index contributed by atoms with van der Waals surface area (Å²) in [5, 5.41) is 34.0. The van der Waals surface area contributed by atoms with Crippen LogP contribution in [0.2, 0.25) is 5.02 Å². The molecule has 0 bridgehead atoms. The molecule has 1 amide bonds. The number of hydrogen-bond acceptors (Lipinski definition) is 5. The van der Waals surface area contributed by atoms with E-state index >= 15 is 0 Å². The molecule has 0 spiro atoms. The minimum atomic E-state index is -0.409. The number of fused-ring (bicyclic) bond motifs is 2. The van der Waals surface area contributed by atoms with E-state index in [0.29, 0.717) is 0 Å². The highest BCUT2D eigenvalue weighted by molar-refractivity contribution is 6.37. The van der Waals surface area contributed by atoms with Crippen molar-refractivity contribution >= 4 is 34.6 Å². The monoisotopic (exact) mass is 496 g/mol. The Bertz CT molecular complexity index is 1210. The van der Waals surface area contributed by atoms with Gasteiger partial charge in [-0.25, -0.2) is 0 Å². The Morgan fingerprint density at radius 2 is 1.57 bits per heavy atom. The van der Waals surface area contributed by atoms with Crippen molar-refractivity contribution in [3.63, 3.8) is 0 Å². The van der Waals surface area contributed by atoms with Gasteiger partial charge < -0.3 is 25.5 Å². The van der Waals surface area contributed by atoms with Crippen LogP contribution in [0, 0.1) is 0 Å². The average molecular weight is 497 g/mol. The molecule has 1 aliphatic rings. The van der Waals surface area contributed by atoms with Crippen molar-refractivity contribution in [3.05, 3.63) is 69.8 Å². The van der Waals surface area contributed by atoms with Crippen molar-refractivity contribution in [1.82, 2.24) is 0 Å². The number of benzene rings is 2. The quantitative estimate of drug-likeness (QED) is 0.172. The molecule has 2 aromatic carbocycles. The van der Waals surface area contributed by atoms with E-state index in [0.717, 1.165) is 37.3 Å². The number of aromatic hydroxyl groups is 3. The third kappa shape index (κ3) is 6.20. The van der Waals surface area contributed by atoms with Crippen LogP contribution in [-0.4, -0.2) is 27.8 Å². The van der Waals surface area contributed by atoms with E-state index in [2.05, 4.69) is 38.2 Å². The smallest absolute Gasteiger partial charge is 0.260 e. The molecule has 0 atom stereocenters. The summed E-state index contributed by atoms with van der Waals surface area (Å²) in [5.41, 5.74) is 4.49. The van der Waals surface area contributed by atoms with Gasteiger partial charge in [-0.1, -0.05) is 52.6 Å². The first-order valence-corrected chi connectivity index (χ1v) is 12.1. The number of amides is 1. The summed E-state index contributed by atoms with van der Waals surface area (Å²) >= 11 is 6.40. The zero-order chi connectivity index (χ0) is 25.7. The molecule has 35 heavy (non-hydrogen) atoms. The van der Waals surface area contributed by atoms with Crippen LogP contribution in [0.5, 0.6) is 17.2 Å². The minimum absolute atomic E-state index is 0.0630. The summed E-state index contributed by atoms with van der Waals surface area (Å²) in [6.07, 6.45) is 10.3. The number of carbonyl (C=O) groups is 1. The summed E-state index contributed by atoms with van der Waals surface area (Å²) < 4.78 is 0. The second-order valence-electron chi connectivity index (χ2n) is 9.15. The molecule has 7 heteroatoms.